The molecule has 0 aliphatic carbocycles. The number of cyclic esters (lactones) is 1. The minimum Gasteiger partial charge on any atom is -0.459 e. The molecule has 8 unspecified atom stereocenters. The molecular weight excluding hydrogens is 722 g/mol. The summed E-state index contributed by atoms with van der Waals surface area (Å²) in [6.45, 7) is 19.0. The van der Waals surface area contributed by atoms with Crippen molar-refractivity contribution in [2.75, 3.05) is 14.2 Å². The zero-order chi connectivity index (χ0) is 41.5. The van der Waals surface area contributed by atoms with Crippen molar-refractivity contribution in [2.24, 2.45) is 23.7 Å². The molecule has 4 aliphatic rings. The van der Waals surface area contributed by atoms with Gasteiger partial charge >= 0.3 is 5.97 Å². The molecule has 5 rings (SSSR count). The third-order valence-corrected chi connectivity index (χ3v) is 13.6. The summed E-state index contributed by atoms with van der Waals surface area (Å²) in [6.07, 6.45) is -7.70. The fourth-order valence-corrected chi connectivity index (χ4v) is 10.1. The van der Waals surface area contributed by atoms with Crippen LogP contribution in [0.5, 0.6) is 0 Å². The van der Waals surface area contributed by atoms with Gasteiger partial charge in [0, 0.05) is 38.0 Å². The standard InChI is InChI=1S/C43H71NO12/c1-13-31(45)43(10,49)38-25(4)34-23(2)20-42(9,56-34)37(55-40-33(46)30(19-24(3)51-40)44(11)22-29-17-15-14-16-18-29)26(5)35(27(6)39(48)54-38)53-32-21-41(8,50-12)36(47)28(7)52-32/h14-18,23-28,30-38,40,45-47,49H,13,19-22H2,1-12H3/t23?,24?,25-,26-,27+,28?,30?,31+,32-,33?,34?,35-,36-,37+,38+,40-,41?,42?,43+/m0/s1. The van der Waals surface area contributed by atoms with E-state index in [-0.39, 0.29) is 30.9 Å². The number of carbonyl (C=O) groups is 1. The molecule has 56 heavy (non-hydrogen) atoms. The molecule has 320 valence electrons. The van der Waals surface area contributed by atoms with Gasteiger partial charge in [0.1, 0.15) is 23.9 Å². The molecule has 0 spiro atoms. The third kappa shape index (κ3) is 9.18. The molecule has 4 heterocycles. The zero-order valence-electron chi connectivity index (χ0n) is 35.7. The van der Waals surface area contributed by atoms with Gasteiger partial charge in [-0.15, -0.1) is 0 Å². The maximum absolute atomic E-state index is 14.4. The van der Waals surface area contributed by atoms with Crippen LogP contribution in [0.2, 0.25) is 0 Å². The molecule has 4 fully saturated rings. The number of ether oxygens (including phenoxy) is 7. The molecule has 4 N–H and O–H groups in total. The summed E-state index contributed by atoms with van der Waals surface area (Å²) in [6, 6.07) is 9.82. The van der Waals surface area contributed by atoms with Crippen LogP contribution in [-0.4, -0.2) is 136 Å². The lowest BCUT2D eigenvalue weighted by atomic mass is 9.76. The van der Waals surface area contributed by atoms with Crippen molar-refractivity contribution in [2.45, 2.75) is 192 Å². The van der Waals surface area contributed by atoms with Crippen LogP contribution in [0, 0.1) is 23.7 Å². The minimum absolute atomic E-state index is 0.0763. The summed E-state index contributed by atoms with van der Waals surface area (Å²) >= 11 is 0. The van der Waals surface area contributed by atoms with E-state index in [1.54, 1.807) is 27.7 Å². The molecular formula is C43H71NO12. The maximum Gasteiger partial charge on any atom is 0.311 e. The monoisotopic (exact) mass is 793 g/mol. The average molecular weight is 794 g/mol. The van der Waals surface area contributed by atoms with Crippen LogP contribution in [0.4, 0.5) is 0 Å². The lowest BCUT2D eigenvalue weighted by Gasteiger charge is -2.48. The molecule has 13 nitrogen and oxygen atoms in total. The largest absolute Gasteiger partial charge is 0.459 e. The van der Waals surface area contributed by atoms with Gasteiger partial charge in [0.15, 0.2) is 12.6 Å². The Hall–Kier alpha value is -1.75. The summed E-state index contributed by atoms with van der Waals surface area (Å²) < 4.78 is 45.6. The highest BCUT2D eigenvalue weighted by atomic mass is 16.7. The Labute approximate surface area is 334 Å². The van der Waals surface area contributed by atoms with Gasteiger partial charge in [-0.2, -0.15) is 0 Å². The lowest BCUT2D eigenvalue weighted by molar-refractivity contribution is -0.318. The molecule has 19 atom stereocenters. The number of nitrogens with zero attached hydrogens (tertiary/aromatic N) is 1. The van der Waals surface area contributed by atoms with E-state index in [0.717, 1.165) is 5.56 Å². The van der Waals surface area contributed by atoms with Crippen LogP contribution >= 0.6 is 0 Å². The van der Waals surface area contributed by atoms with Crippen molar-refractivity contribution < 1.29 is 58.4 Å². The first-order valence-corrected chi connectivity index (χ1v) is 20.7. The van der Waals surface area contributed by atoms with E-state index >= 15 is 0 Å². The van der Waals surface area contributed by atoms with Crippen LogP contribution < -0.4 is 0 Å². The third-order valence-electron chi connectivity index (χ3n) is 13.6. The lowest BCUT2D eigenvalue weighted by Crippen LogP contribution is -2.60. The van der Waals surface area contributed by atoms with Gasteiger partial charge in [0.2, 0.25) is 0 Å². The van der Waals surface area contributed by atoms with Gasteiger partial charge in [-0.1, -0.05) is 58.0 Å². The fraction of sp³-hybridized carbons (Fsp3) is 0.837. The van der Waals surface area contributed by atoms with E-state index in [9.17, 15) is 25.2 Å². The van der Waals surface area contributed by atoms with Gasteiger partial charge in [-0.05, 0) is 79.3 Å². The van der Waals surface area contributed by atoms with Gasteiger partial charge in [0.05, 0.1) is 53.7 Å². The molecule has 1 aromatic rings. The quantitative estimate of drug-likeness (QED) is 0.236. The second kappa shape index (κ2) is 17.8. The number of fused-ring (bicyclic) bond motifs is 2. The predicted molar refractivity (Wildman–Crippen MR) is 208 cm³/mol. The normalized spacial score (nSPS) is 45.4. The maximum atomic E-state index is 14.4. The van der Waals surface area contributed by atoms with Gasteiger partial charge in [0.25, 0.3) is 0 Å². The number of aliphatic hydroxyl groups is 4. The Kier molecular flexibility index (Phi) is 14.4. The van der Waals surface area contributed by atoms with Crippen molar-refractivity contribution in [3.05, 3.63) is 35.9 Å². The van der Waals surface area contributed by atoms with E-state index in [4.69, 9.17) is 33.2 Å². The van der Waals surface area contributed by atoms with Crippen molar-refractivity contribution in [1.29, 1.82) is 0 Å². The minimum atomic E-state index is -1.80. The smallest absolute Gasteiger partial charge is 0.311 e. The Balaban J connectivity index is 1.55. The first kappa shape index (κ1) is 45.3. The van der Waals surface area contributed by atoms with Crippen LogP contribution in [0.15, 0.2) is 30.3 Å². The summed E-state index contributed by atoms with van der Waals surface area (Å²) in [7, 11) is 3.53. The second-order valence-electron chi connectivity index (χ2n) is 18.2. The Bertz CT molecular complexity index is 1430. The van der Waals surface area contributed by atoms with Crippen molar-refractivity contribution in [3.8, 4) is 0 Å². The number of rotatable bonds is 11. The Morgan fingerprint density at radius 2 is 1.66 bits per heavy atom. The number of carbonyl (C=O) groups excluding carboxylic acids is 1. The zero-order valence-corrected chi connectivity index (χ0v) is 35.7. The highest BCUT2D eigenvalue weighted by molar-refractivity contribution is 5.73. The van der Waals surface area contributed by atoms with Crippen LogP contribution in [0.1, 0.15) is 100 Å². The van der Waals surface area contributed by atoms with Crippen molar-refractivity contribution in [1.82, 2.24) is 4.90 Å². The number of likely N-dealkylation sites (N-methyl/N-ethyl adjacent to an activating group) is 1. The van der Waals surface area contributed by atoms with Crippen molar-refractivity contribution in [3.63, 3.8) is 0 Å². The van der Waals surface area contributed by atoms with Gasteiger partial charge < -0.3 is 53.6 Å². The summed E-state index contributed by atoms with van der Waals surface area (Å²) in [5.41, 5.74) is -2.65. The molecule has 0 radical (unpaired) electrons. The molecule has 13 heteroatoms. The molecule has 2 bridgehead atoms. The van der Waals surface area contributed by atoms with Crippen LogP contribution in [0.25, 0.3) is 0 Å². The highest BCUT2D eigenvalue weighted by Crippen LogP contribution is 2.48. The number of esters is 1. The highest BCUT2D eigenvalue weighted by Gasteiger charge is 2.59. The second-order valence-corrected chi connectivity index (χ2v) is 18.2. The van der Waals surface area contributed by atoms with E-state index in [2.05, 4.69) is 24.0 Å². The molecule has 1 aromatic carbocycles. The van der Waals surface area contributed by atoms with E-state index < -0.39 is 102 Å². The molecule has 4 saturated heterocycles. The molecule has 0 aromatic heterocycles. The molecule has 0 saturated carbocycles. The van der Waals surface area contributed by atoms with Gasteiger partial charge in [-0.25, -0.2) is 0 Å². The number of hydrogen-bond acceptors (Lipinski definition) is 13. The first-order valence-electron chi connectivity index (χ1n) is 20.7. The molecule has 4 aliphatic heterocycles. The summed E-state index contributed by atoms with van der Waals surface area (Å²) in [5, 5.41) is 46.0. The number of methoxy groups -OCH3 is 1. The van der Waals surface area contributed by atoms with E-state index in [1.165, 1.54) is 14.0 Å². The van der Waals surface area contributed by atoms with Crippen molar-refractivity contribution >= 4 is 5.97 Å². The topological polar surface area (TPSA) is 166 Å². The average Bonchev–Trinajstić information content (AvgIpc) is 3.47. The Morgan fingerprint density at radius 1 is 1.00 bits per heavy atom. The summed E-state index contributed by atoms with van der Waals surface area (Å²) in [5.74, 6) is -2.76. The SMILES string of the molecule is CC[C@@H](O)[C@@](C)(O)[C@@H]1OC(=O)[C@H](C)[C@@H](O[C@H]2CC(C)(OC)[C@@H](O)C(C)O2)[C@H](C)[C@@H](O[C@@H]2OC(C)CC(N(C)Cc3ccccc3)C2O)C2(C)CC(C)C(O2)[C@@H]1C. The fourth-order valence-electron chi connectivity index (χ4n) is 10.1. The van der Waals surface area contributed by atoms with Crippen LogP contribution in [-0.2, 0) is 44.5 Å². The van der Waals surface area contributed by atoms with E-state index in [0.29, 0.717) is 19.4 Å². The number of hydrogen-bond donors (Lipinski definition) is 4. The number of aliphatic hydroxyl groups excluding tert-OH is 3. The van der Waals surface area contributed by atoms with E-state index in [1.807, 2.05) is 52.9 Å². The van der Waals surface area contributed by atoms with Crippen LogP contribution in [0.3, 0.4) is 0 Å². The summed E-state index contributed by atoms with van der Waals surface area (Å²) in [4.78, 5) is 16.6. The van der Waals surface area contributed by atoms with Gasteiger partial charge in [-0.3, -0.25) is 9.69 Å². The first-order chi connectivity index (χ1) is 26.2. The molecule has 0 amide bonds. The number of benzene rings is 1. The predicted octanol–water partition coefficient (Wildman–Crippen LogP) is 4.19. The Morgan fingerprint density at radius 3 is 2.29 bits per heavy atom.